The van der Waals surface area contributed by atoms with Gasteiger partial charge in [0.1, 0.15) is 0 Å². The lowest BCUT2D eigenvalue weighted by Crippen LogP contribution is -2.11. The van der Waals surface area contributed by atoms with E-state index in [4.69, 9.17) is 0 Å². The van der Waals surface area contributed by atoms with Crippen LogP contribution in [0, 0.1) is 13.7 Å². The Morgan fingerprint density at radius 1 is 1.63 bits per heavy atom. The van der Waals surface area contributed by atoms with Crippen LogP contribution in [-0.2, 0) is 16.0 Å². The maximum absolute atomic E-state index is 12.6. The largest absolute Gasteiger partial charge is 0.466 e. The van der Waals surface area contributed by atoms with E-state index in [2.05, 4.69) is 9.72 Å². The Morgan fingerprint density at radius 2 is 2.26 bits per heavy atom. The highest BCUT2D eigenvalue weighted by Crippen LogP contribution is 2.28. The maximum atomic E-state index is 12.6. The summed E-state index contributed by atoms with van der Waals surface area (Å²) < 4.78 is 29.9. The van der Waals surface area contributed by atoms with Crippen LogP contribution in [0.25, 0.3) is 0 Å². The number of carbonyl (C=O) groups excluding carboxylic acids is 1. The molecule has 1 rings (SSSR count). The molecule has 0 unspecified atom stereocenters. The molecule has 0 N–H and O–H groups in total. The van der Waals surface area contributed by atoms with Crippen LogP contribution in [0.3, 0.4) is 0 Å². The molecule has 0 aromatic carbocycles. The zero-order valence-electron chi connectivity index (χ0n) is 9.73. The molecule has 1 aromatic heterocycles. The molecule has 0 aliphatic carbocycles. The van der Waals surface area contributed by atoms with Gasteiger partial charge in [0.2, 0.25) is 5.69 Å². The maximum Gasteiger partial charge on any atom is 0.367 e. The summed E-state index contributed by atoms with van der Waals surface area (Å²) in [6, 6.07) is 1.16. The number of hydrogen-bond acceptors (Lipinski definition) is 5. The van der Waals surface area contributed by atoms with Crippen LogP contribution in [0.1, 0.15) is 24.6 Å². The first-order chi connectivity index (χ1) is 8.86. The number of hydrogen-bond donors (Lipinski definition) is 0. The molecule has 6 nitrogen and oxygen atoms in total. The molecule has 0 fully saturated rings. The Balaban J connectivity index is 3.20. The van der Waals surface area contributed by atoms with Crippen LogP contribution in [0.15, 0.2) is 6.07 Å². The number of rotatable bonds is 5. The zero-order chi connectivity index (χ0) is 14.6. The predicted octanol–water partition coefficient (Wildman–Crippen LogP) is 2.64. The number of alkyl halides is 2. The first kappa shape index (κ1) is 15.7. The summed E-state index contributed by atoms with van der Waals surface area (Å²) in [7, 11) is 0. The molecule has 0 spiro atoms. The first-order valence-corrected chi connectivity index (χ1v) is 6.22. The first-order valence-electron chi connectivity index (χ1n) is 5.14. The summed E-state index contributed by atoms with van der Waals surface area (Å²) in [5.74, 6) is -1.42. The number of nitro groups is 1. The van der Waals surface area contributed by atoms with Crippen molar-refractivity contribution >= 4 is 34.4 Å². The van der Waals surface area contributed by atoms with Gasteiger partial charge in [-0.25, -0.2) is 8.78 Å². The number of ether oxygens (including phenoxy) is 1. The van der Waals surface area contributed by atoms with E-state index < -0.39 is 28.8 Å². The molecule has 0 amide bonds. The van der Waals surface area contributed by atoms with Gasteiger partial charge in [0.25, 0.3) is 0 Å². The van der Waals surface area contributed by atoms with Gasteiger partial charge in [-0.2, -0.15) is 0 Å². The fourth-order valence-electron chi connectivity index (χ4n) is 1.34. The van der Waals surface area contributed by atoms with Crippen molar-refractivity contribution in [3.63, 3.8) is 0 Å². The summed E-state index contributed by atoms with van der Waals surface area (Å²) in [6.45, 7) is 1.72. The monoisotopic (exact) mass is 386 g/mol. The minimum Gasteiger partial charge on any atom is -0.466 e. The lowest BCUT2D eigenvalue weighted by Gasteiger charge is -2.05. The van der Waals surface area contributed by atoms with Gasteiger partial charge in [0, 0.05) is 0 Å². The number of halogens is 3. The van der Waals surface area contributed by atoms with Gasteiger partial charge in [0.15, 0.2) is 0 Å². The summed E-state index contributed by atoms with van der Waals surface area (Å²) in [5.41, 5.74) is -0.711. The summed E-state index contributed by atoms with van der Waals surface area (Å²) in [5, 5.41) is 10.8. The van der Waals surface area contributed by atoms with Crippen molar-refractivity contribution in [3.05, 3.63) is 31.0 Å². The molecule has 19 heavy (non-hydrogen) atoms. The van der Waals surface area contributed by atoms with Crippen molar-refractivity contribution in [3.8, 4) is 0 Å². The minimum absolute atomic E-state index is 0.0442. The number of aromatic nitrogens is 1. The molecule has 0 aliphatic rings. The minimum atomic E-state index is -2.91. The van der Waals surface area contributed by atoms with E-state index in [1.807, 2.05) is 0 Å². The normalized spacial score (nSPS) is 10.6. The van der Waals surface area contributed by atoms with E-state index in [1.54, 1.807) is 29.5 Å². The van der Waals surface area contributed by atoms with Crippen LogP contribution in [-0.4, -0.2) is 22.5 Å². The molecule has 1 heterocycles. The van der Waals surface area contributed by atoms with E-state index in [-0.39, 0.29) is 22.2 Å². The van der Waals surface area contributed by atoms with Gasteiger partial charge in [0.05, 0.1) is 22.2 Å². The van der Waals surface area contributed by atoms with Crippen LogP contribution in [0.4, 0.5) is 14.6 Å². The fraction of sp³-hybridized carbons (Fsp3) is 0.400. The van der Waals surface area contributed by atoms with Crippen molar-refractivity contribution in [1.82, 2.24) is 4.98 Å². The second kappa shape index (κ2) is 6.68. The fourth-order valence-corrected chi connectivity index (χ4v) is 2.07. The summed E-state index contributed by atoms with van der Waals surface area (Å²) in [6.07, 6.45) is -3.29. The second-order valence-electron chi connectivity index (χ2n) is 3.38. The Kier molecular flexibility index (Phi) is 5.51. The van der Waals surface area contributed by atoms with Gasteiger partial charge in [-0.05, 0) is 45.5 Å². The van der Waals surface area contributed by atoms with Gasteiger partial charge in [-0.1, -0.05) is 0 Å². The predicted molar refractivity (Wildman–Crippen MR) is 68.9 cm³/mol. The molecular weight excluding hydrogens is 377 g/mol. The van der Waals surface area contributed by atoms with Crippen molar-refractivity contribution in [2.24, 2.45) is 0 Å². The number of esters is 1. The van der Waals surface area contributed by atoms with E-state index in [0.29, 0.717) is 0 Å². The van der Waals surface area contributed by atoms with Crippen molar-refractivity contribution in [2.45, 2.75) is 19.8 Å². The SMILES string of the molecule is CCOC(=O)Cc1cc(I)c(C(F)F)nc1[N+](=O)[O-]. The van der Waals surface area contributed by atoms with Gasteiger partial charge < -0.3 is 14.9 Å². The summed E-state index contributed by atoms with van der Waals surface area (Å²) >= 11 is 1.59. The number of carbonyl (C=O) groups is 1. The molecular formula is C10H9F2IN2O4. The van der Waals surface area contributed by atoms with Gasteiger partial charge in [-0.15, -0.1) is 0 Å². The molecule has 1 aromatic rings. The van der Waals surface area contributed by atoms with E-state index in [1.165, 1.54) is 0 Å². The molecule has 0 atom stereocenters. The van der Waals surface area contributed by atoms with Crippen molar-refractivity contribution in [2.75, 3.05) is 6.61 Å². The number of pyridine rings is 1. The smallest absolute Gasteiger partial charge is 0.367 e. The van der Waals surface area contributed by atoms with Crippen molar-refractivity contribution in [1.29, 1.82) is 0 Å². The Hall–Kier alpha value is -1.39. The molecule has 0 saturated heterocycles. The Morgan fingerprint density at radius 3 is 2.74 bits per heavy atom. The van der Waals surface area contributed by atoms with E-state index in [0.717, 1.165) is 6.07 Å². The molecule has 9 heteroatoms. The zero-order valence-corrected chi connectivity index (χ0v) is 11.9. The standard InChI is InChI=1S/C10H9F2IN2O4/c1-2-19-7(16)4-5-3-6(13)8(9(11)12)14-10(5)15(17)18/h3,9H,2,4H2,1H3. The highest BCUT2D eigenvalue weighted by atomic mass is 127. The second-order valence-corrected chi connectivity index (χ2v) is 4.54. The summed E-state index contributed by atoms with van der Waals surface area (Å²) in [4.78, 5) is 24.5. The highest BCUT2D eigenvalue weighted by Gasteiger charge is 2.27. The van der Waals surface area contributed by atoms with Gasteiger partial charge in [-0.3, -0.25) is 4.79 Å². The lowest BCUT2D eigenvalue weighted by atomic mass is 10.1. The average molecular weight is 386 g/mol. The van der Waals surface area contributed by atoms with Crippen molar-refractivity contribution < 1.29 is 23.2 Å². The topological polar surface area (TPSA) is 82.3 Å². The Bertz CT molecular complexity index is 511. The van der Waals surface area contributed by atoms with Crippen LogP contribution in [0.5, 0.6) is 0 Å². The Labute approximate surface area is 120 Å². The van der Waals surface area contributed by atoms with E-state index >= 15 is 0 Å². The lowest BCUT2D eigenvalue weighted by molar-refractivity contribution is -0.390. The molecule has 0 saturated carbocycles. The third-order valence-electron chi connectivity index (χ3n) is 2.08. The third kappa shape index (κ3) is 4.04. The third-order valence-corrected chi connectivity index (χ3v) is 2.94. The van der Waals surface area contributed by atoms with Crippen LogP contribution in [0.2, 0.25) is 0 Å². The molecule has 104 valence electrons. The molecule has 0 bridgehead atoms. The highest BCUT2D eigenvalue weighted by molar-refractivity contribution is 14.1. The van der Waals surface area contributed by atoms with Gasteiger partial charge >= 0.3 is 18.2 Å². The molecule has 0 radical (unpaired) electrons. The quantitative estimate of drug-likeness (QED) is 0.336. The average Bonchev–Trinajstić information content (AvgIpc) is 2.28. The van der Waals surface area contributed by atoms with Crippen LogP contribution < -0.4 is 0 Å². The van der Waals surface area contributed by atoms with Crippen LogP contribution >= 0.6 is 22.6 Å². The molecule has 0 aliphatic heterocycles. The van der Waals surface area contributed by atoms with E-state index in [9.17, 15) is 23.7 Å². The number of nitrogens with zero attached hydrogens (tertiary/aromatic N) is 2.